The molecule has 0 saturated heterocycles. The molecule has 0 aliphatic carbocycles. The van der Waals surface area contributed by atoms with Crippen LogP contribution in [0.5, 0.6) is 11.5 Å². The summed E-state index contributed by atoms with van der Waals surface area (Å²) in [7, 11) is 0. The van der Waals surface area contributed by atoms with Crippen molar-refractivity contribution < 1.29 is 14.3 Å². The molecule has 98 valence electrons. The summed E-state index contributed by atoms with van der Waals surface area (Å²) in [4.78, 5) is 11.2. The quantitative estimate of drug-likeness (QED) is 0.827. The smallest absolute Gasteiger partial charge is 0.233 e. The average Bonchev–Trinajstić information content (AvgIpc) is 2.83. The summed E-state index contributed by atoms with van der Waals surface area (Å²) in [6.07, 6.45) is 0. The van der Waals surface area contributed by atoms with E-state index < -0.39 is 0 Å². The predicted octanol–water partition coefficient (Wildman–Crippen LogP) is 0.768. The second-order valence-corrected chi connectivity index (χ2v) is 4.93. The largest absolute Gasteiger partial charge is 0.454 e. The molecule has 1 heterocycles. The Hall–Kier alpha value is -1.75. The van der Waals surface area contributed by atoms with Crippen LogP contribution >= 0.6 is 0 Å². The van der Waals surface area contributed by atoms with Crippen LogP contribution in [-0.4, -0.2) is 25.8 Å². The molecule has 0 aromatic heterocycles. The number of benzene rings is 1. The van der Waals surface area contributed by atoms with Crippen LogP contribution in [0.4, 0.5) is 0 Å². The van der Waals surface area contributed by atoms with E-state index in [4.69, 9.17) is 15.2 Å². The number of rotatable bonds is 4. The molecule has 2 rings (SSSR count). The molecule has 3 N–H and O–H groups in total. The number of hydrogen-bond acceptors (Lipinski definition) is 4. The van der Waals surface area contributed by atoms with Crippen molar-refractivity contribution in [2.24, 2.45) is 5.73 Å². The first-order valence-corrected chi connectivity index (χ1v) is 5.90. The van der Waals surface area contributed by atoms with E-state index in [0.29, 0.717) is 6.54 Å². The second-order valence-electron chi connectivity index (χ2n) is 4.93. The highest BCUT2D eigenvalue weighted by Crippen LogP contribution is 2.36. The minimum Gasteiger partial charge on any atom is -0.454 e. The van der Waals surface area contributed by atoms with Gasteiger partial charge in [-0.3, -0.25) is 4.79 Å². The molecule has 0 bridgehead atoms. The van der Waals surface area contributed by atoms with Gasteiger partial charge < -0.3 is 20.5 Å². The van der Waals surface area contributed by atoms with E-state index in [2.05, 4.69) is 19.2 Å². The van der Waals surface area contributed by atoms with Crippen LogP contribution in [0.1, 0.15) is 19.4 Å². The number of nitrogens with two attached hydrogens (primary N) is 1. The molecule has 1 aromatic carbocycles. The van der Waals surface area contributed by atoms with E-state index in [1.807, 2.05) is 18.2 Å². The van der Waals surface area contributed by atoms with Gasteiger partial charge in [0.1, 0.15) is 0 Å². The zero-order valence-corrected chi connectivity index (χ0v) is 10.7. The van der Waals surface area contributed by atoms with E-state index in [1.54, 1.807) is 0 Å². The number of fused-ring (bicyclic) bond motifs is 1. The van der Waals surface area contributed by atoms with Crippen molar-refractivity contribution in [2.75, 3.05) is 19.9 Å². The van der Waals surface area contributed by atoms with Gasteiger partial charge in [-0.1, -0.05) is 19.9 Å². The number of carbonyl (C=O) groups is 1. The Morgan fingerprint density at radius 1 is 1.39 bits per heavy atom. The third kappa shape index (κ3) is 2.56. The van der Waals surface area contributed by atoms with Crippen molar-refractivity contribution in [1.29, 1.82) is 0 Å². The normalized spacial score (nSPS) is 13.5. The highest BCUT2D eigenvalue weighted by molar-refractivity contribution is 5.77. The molecule has 1 aliphatic rings. The summed E-state index contributed by atoms with van der Waals surface area (Å²) >= 11 is 0. The summed E-state index contributed by atoms with van der Waals surface area (Å²) in [5, 5.41) is 2.80. The first-order valence-electron chi connectivity index (χ1n) is 5.90. The fourth-order valence-electron chi connectivity index (χ4n) is 1.81. The molecule has 5 heteroatoms. The van der Waals surface area contributed by atoms with E-state index in [-0.39, 0.29) is 24.7 Å². The molecule has 0 unspecified atom stereocenters. The first-order chi connectivity index (χ1) is 8.53. The molecule has 0 saturated carbocycles. The Morgan fingerprint density at radius 2 is 2.11 bits per heavy atom. The molecule has 1 aromatic rings. The maximum absolute atomic E-state index is 11.2. The van der Waals surface area contributed by atoms with E-state index in [0.717, 1.165) is 17.1 Å². The van der Waals surface area contributed by atoms with Crippen LogP contribution in [0.3, 0.4) is 0 Å². The zero-order chi connectivity index (χ0) is 13.2. The van der Waals surface area contributed by atoms with Gasteiger partial charge in [-0.25, -0.2) is 0 Å². The number of ether oxygens (including phenoxy) is 2. The fourth-order valence-corrected chi connectivity index (χ4v) is 1.81. The van der Waals surface area contributed by atoms with Crippen LogP contribution in [0, 0.1) is 0 Å². The Kier molecular flexibility index (Phi) is 3.43. The van der Waals surface area contributed by atoms with Crippen LogP contribution in [-0.2, 0) is 10.2 Å². The Balaban J connectivity index is 2.11. The fraction of sp³-hybridized carbons (Fsp3) is 0.462. The van der Waals surface area contributed by atoms with E-state index in [1.165, 1.54) is 0 Å². The highest BCUT2D eigenvalue weighted by atomic mass is 16.7. The first kappa shape index (κ1) is 12.7. The van der Waals surface area contributed by atoms with Gasteiger partial charge in [-0.15, -0.1) is 0 Å². The van der Waals surface area contributed by atoms with E-state index in [9.17, 15) is 4.79 Å². The molecular formula is C13H18N2O3. The van der Waals surface area contributed by atoms with Gasteiger partial charge in [-0.05, 0) is 17.7 Å². The molecule has 0 fully saturated rings. The van der Waals surface area contributed by atoms with Gasteiger partial charge in [0.05, 0.1) is 6.54 Å². The number of hydrogen-bond donors (Lipinski definition) is 2. The van der Waals surface area contributed by atoms with Crippen LogP contribution in [0.2, 0.25) is 0 Å². The lowest BCUT2D eigenvalue weighted by Crippen LogP contribution is -2.39. The lowest BCUT2D eigenvalue weighted by molar-refractivity contribution is -0.119. The highest BCUT2D eigenvalue weighted by Gasteiger charge is 2.24. The summed E-state index contributed by atoms with van der Waals surface area (Å²) in [6.45, 7) is 4.92. The third-order valence-corrected chi connectivity index (χ3v) is 3.07. The van der Waals surface area contributed by atoms with Crippen LogP contribution in [0.25, 0.3) is 0 Å². The third-order valence-electron chi connectivity index (χ3n) is 3.07. The van der Waals surface area contributed by atoms with Gasteiger partial charge in [0, 0.05) is 12.0 Å². The Labute approximate surface area is 106 Å². The molecule has 5 nitrogen and oxygen atoms in total. The standard InChI is InChI=1S/C13H18N2O3/c1-13(2,7-15-12(16)6-14)9-3-4-10-11(5-9)18-8-17-10/h3-5H,6-8,14H2,1-2H3,(H,15,16). The van der Waals surface area contributed by atoms with Gasteiger partial charge in [-0.2, -0.15) is 0 Å². The van der Waals surface area contributed by atoms with Crippen LogP contribution in [0.15, 0.2) is 18.2 Å². The minimum atomic E-state index is -0.189. The summed E-state index contributed by atoms with van der Waals surface area (Å²) in [6, 6.07) is 5.84. The van der Waals surface area contributed by atoms with Gasteiger partial charge in [0.2, 0.25) is 12.7 Å². The molecule has 0 atom stereocenters. The monoisotopic (exact) mass is 250 g/mol. The maximum Gasteiger partial charge on any atom is 0.233 e. The minimum absolute atomic E-state index is 0.0111. The summed E-state index contributed by atoms with van der Waals surface area (Å²) in [5.41, 5.74) is 6.16. The van der Waals surface area contributed by atoms with Gasteiger partial charge in [0.25, 0.3) is 0 Å². The molecule has 1 aliphatic heterocycles. The lowest BCUT2D eigenvalue weighted by Gasteiger charge is -2.25. The summed E-state index contributed by atoms with van der Waals surface area (Å²) in [5.74, 6) is 1.37. The van der Waals surface area contributed by atoms with E-state index >= 15 is 0 Å². The van der Waals surface area contributed by atoms with Crippen molar-refractivity contribution in [3.63, 3.8) is 0 Å². The molecule has 0 radical (unpaired) electrons. The van der Waals surface area contributed by atoms with Crippen molar-refractivity contribution in [3.8, 4) is 11.5 Å². The zero-order valence-electron chi connectivity index (χ0n) is 10.7. The average molecular weight is 250 g/mol. The second kappa shape index (κ2) is 4.86. The predicted molar refractivity (Wildman–Crippen MR) is 67.7 cm³/mol. The van der Waals surface area contributed by atoms with Crippen LogP contribution < -0.4 is 20.5 Å². The lowest BCUT2D eigenvalue weighted by atomic mass is 9.84. The van der Waals surface area contributed by atoms with Gasteiger partial charge >= 0.3 is 0 Å². The number of carbonyl (C=O) groups excluding carboxylic acids is 1. The molecule has 0 spiro atoms. The number of nitrogens with one attached hydrogen (secondary N) is 1. The molecule has 18 heavy (non-hydrogen) atoms. The summed E-state index contributed by atoms with van der Waals surface area (Å²) < 4.78 is 10.6. The Morgan fingerprint density at radius 3 is 2.83 bits per heavy atom. The van der Waals surface area contributed by atoms with Crippen molar-refractivity contribution in [1.82, 2.24) is 5.32 Å². The van der Waals surface area contributed by atoms with Crippen molar-refractivity contribution in [3.05, 3.63) is 23.8 Å². The Bertz CT molecular complexity index is 458. The molecular weight excluding hydrogens is 232 g/mol. The molecule has 1 amide bonds. The number of amides is 1. The maximum atomic E-state index is 11.2. The SMILES string of the molecule is CC(C)(CNC(=O)CN)c1ccc2c(c1)OCO2. The topological polar surface area (TPSA) is 73.6 Å². The van der Waals surface area contributed by atoms with Crippen molar-refractivity contribution in [2.45, 2.75) is 19.3 Å². The van der Waals surface area contributed by atoms with Gasteiger partial charge in [0.15, 0.2) is 11.5 Å². The van der Waals surface area contributed by atoms with Crippen molar-refractivity contribution >= 4 is 5.91 Å².